The Morgan fingerprint density at radius 2 is 2.24 bits per heavy atom. The lowest BCUT2D eigenvalue weighted by Crippen LogP contribution is -2.11. The molecule has 3 rings (SSSR count). The molecular weight excluding hydrogens is 210 g/mol. The number of H-pyrrole nitrogens is 1. The lowest BCUT2D eigenvalue weighted by atomic mass is 9.85. The normalized spacial score (nSPS) is 31.2. The van der Waals surface area contributed by atoms with Crippen molar-refractivity contribution in [2.24, 2.45) is 23.5 Å². The zero-order chi connectivity index (χ0) is 11.7. The van der Waals surface area contributed by atoms with Crippen molar-refractivity contribution in [3.8, 4) is 0 Å². The molecule has 1 aromatic rings. The summed E-state index contributed by atoms with van der Waals surface area (Å²) >= 11 is 0. The minimum Gasteiger partial charge on any atom is -0.346 e. The Labute approximate surface area is 103 Å². The number of aryl methyl sites for hydroxylation is 1. The van der Waals surface area contributed by atoms with E-state index in [4.69, 9.17) is 5.73 Å². The summed E-state index contributed by atoms with van der Waals surface area (Å²) in [6, 6.07) is 0. The summed E-state index contributed by atoms with van der Waals surface area (Å²) in [5, 5.41) is 0. The molecule has 2 aliphatic rings. The van der Waals surface area contributed by atoms with Crippen LogP contribution in [0.3, 0.4) is 0 Å². The van der Waals surface area contributed by atoms with Crippen molar-refractivity contribution in [3.05, 3.63) is 17.7 Å². The van der Waals surface area contributed by atoms with Gasteiger partial charge in [0.25, 0.3) is 0 Å². The van der Waals surface area contributed by atoms with Crippen molar-refractivity contribution in [1.29, 1.82) is 0 Å². The Morgan fingerprint density at radius 3 is 2.94 bits per heavy atom. The fourth-order valence-electron chi connectivity index (χ4n) is 3.87. The summed E-state index contributed by atoms with van der Waals surface area (Å²) in [7, 11) is 0. The Morgan fingerprint density at radius 1 is 1.29 bits per heavy atom. The molecular formula is C14H23N3. The molecule has 2 fully saturated rings. The first kappa shape index (κ1) is 11.3. The molecule has 2 bridgehead atoms. The summed E-state index contributed by atoms with van der Waals surface area (Å²) in [4.78, 5) is 7.84. The minimum atomic E-state index is 0.702. The molecule has 0 amide bonds. The van der Waals surface area contributed by atoms with E-state index in [0.29, 0.717) is 6.54 Å². The fourth-order valence-corrected chi connectivity index (χ4v) is 3.87. The third kappa shape index (κ3) is 2.39. The van der Waals surface area contributed by atoms with Crippen LogP contribution < -0.4 is 5.73 Å². The molecule has 2 saturated carbocycles. The van der Waals surface area contributed by atoms with Crippen LogP contribution in [0.2, 0.25) is 0 Å². The van der Waals surface area contributed by atoms with Crippen molar-refractivity contribution in [3.63, 3.8) is 0 Å². The largest absolute Gasteiger partial charge is 0.346 e. The van der Waals surface area contributed by atoms with Gasteiger partial charge in [0.2, 0.25) is 0 Å². The van der Waals surface area contributed by atoms with E-state index in [1.165, 1.54) is 37.8 Å². The summed E-state index contributed by atoms with van der Waals surface area (Å²) in [6.07, 6.45) is 11.3. The second kappa shape index (κ2) is 4.81. The highest BCUT2D eigenvalue weighted by atomic mass is 14.9. The molecule has 1 unspecified atom stereocenters. The van der Waals surface area contributed by atoms with Gasteiger partial charge in [0.15, 0.2) is 0 Å². The van der Waals surface area contributed by atoms with Gasteiger partial charge in [0.1, 0.15) is 5.82 Å². The highest BCUT2D eigenvalue weighted by Gasteiger charge is 2.38. The highest BCUT2D eigenvalue weighted by molar-refractivity contribution is 5.02. The SMILES string of the molecule is NCCc1cnc(CCC2C[C@@H]3CC[C@H]2C3)[nH]1. The van der Waals surface area contributed by atoms with Crippen molar-refractivity contribution in [1.82, 2.24) is 9.97 Å². The lowest BCUT2D eigenvalue weighted by molar-refractivity contribution is 0.313. The Balaban J connectivity index is 1.50. The van der Waals surface area contributed by atoms with E-state index in [1.54, 1.807) is 0 Å². The van der Waals surface area contributed by atoms with Gasteiger partial charge in [-0.3, -0.25) is 0 Å². The molecule has 1 aromatic heterocycles. The van der Waals surface area contributed by atoms with Gasteiger partial charge < -0.3 is 10.7 Å². The smallest absolute Gasteiger partial charge is 0.106 e. The molecule has 0 aliphatic heterocycles. The van der Waals surface area contributed by atoms with Gasteiger partial charge in [0, 0.05) is 24.7 Å². The van der Waals surface area contributed by atoms with Crippen LogP contribution in [-0.4, -0.2) is 16.5 Å². The molecule has 94 valence electrons. The number of rotatable bonds is 5. The quantitative estimate of drug-likeness (QED) is 0.819. The maximum Gasteiger partial charge on any atom is 0.106 e. The van der Waals surface area contributed by atoms with Crippen LogP contribution >= 0.6 is 0 Å². The summed E-state index contributed by atoms with van der Waals surface area (Å²) < 4.78 is 0. The van der Waals surface area contributed by atoms with Crippen LogP contribution in [0.25, 0.3) is 0 Å². The van der Waals surface area contributed by atoms with Crippen molar-refractivity contribution >= 4 is 0 Å². The van der Waals surface area contributed by atoms with Crippen molar-refractivity contribution in [2.45, 2.75) is 44.9 Å². The van der Waals surface area contributed by atoms with Crippen LogP contribution in [0.4, 0.5) is 0 Å². The number of hydrogen-bond donors (Lipinski definition) is 2. The first-order valence-electron chi connectivity index (χ1n) is 7.08. The van der Waals surface area contributed by atoms with Crippen LogP contribution in [-0.2, 0) is 12.8 Å². The van der Waals surface area contributed by atoms with Gasteiger partial charge in [-0.25, -0.2) is 4.98 Å². The predicted molar refractivity (Wildman–Crippen MR) is 68.6 cm³/mol. The third-order valence-corrected chi connectivity index (χ3v) is 4.73. The fraction of sp³-hybridized carbons (Fsp3) is 0.786. The number of hydrogen-bond acceptors (Lipinski definition) is 2. The lowest BCUT2D eigenvalue weighted by Gasteiger charge is -2.20. The Kier molecular flexibility index (Phi) is 3.19. The van der Waals surface area contributed by atoms with Crippen LogP contribution in [0.15, 0.2) is 6.20 Å². The summed E-state index contributed by atoms with van der Waals surface area (Å²) in [5.41, 5.74) is 6.73. The standard InChI is InChI=1S/C14H23N3/c15-6-5-13-9-16-14(17-13)4-3-12-8-10-1-2-11(12)7-10/h9-12H,1-8,15H2,(H,16,17)/t10-,11+,12?/m1/s1. The Hall–Kier alpha value is -0.830. The van der Waals surface area contributed by atoms with Gasteiger partial charge in [0.05, 0.1) is 0 Å². The molecule has 3 heteroatoms. The molecule has 17 heavy (non-hydrogen) atoms. The van der Waals surface area contributed by atoms with E-state index in [1.807, 2.05) is 6.20 Å². The van der Waals surface area contributed by atoms with E-state index >= 15 is 0 Å². The topological polar surface area (TPSA) is 54.7 Å². The second-order valence-corrected chi connectivity index (χ2v) is 5.87. The number of aromatic amines is 1. The average molecular weight is 233 g/mol. The predicted octanol–water partition coefficient (Wildman–Crippen LogP) is 2.28. The van der Waals surface area contributed by atoms with E-state index in [9.17, 15) is 0 Å². The van der Waals surface area contributed by atoms with E-state index in [0.717, 1.165) is 36.4 Å². The van der Waals surface area contributed by atoms with Gasteiger partial charge in [-0.05, 0) is 50.0 Å². The zero-order valence-electron chi connectivity index (χ0n) is 10.5. The zero-order valence-corrected chi connectivity index (χ0v) is 10.5. The second-order valence-electron chi connectivity index (χ2n) is 5.87. The summed E-state index contributed by atoms with van der Waals surface area (Å²) in [5.74, 6) is 4.25. The number of nitrogens with zero attached hydrogens (tertiary/aromatic N) is 1. The maximum atomic E-state index is 5.54. The van der Waals surface area contributed by atoms with Gasteiger partial charge in [-0.1, -0.05) is 6.42 Å². The highest BCUT2D eigenvalue weighted by Crippen LogP contribution is 2.49. The van der Waals surface area contributed by atoms with Crippen LogP contribution in [0.5, 0.6) is 0 Å². The number of aromatic nitrogens is 2. The number of nitrogens with two attached hydrogens (primary N) is 1. The molecule has 0 radical (unpaired) electrons. The number of fused-ring (bicyclic) bond motifs is 2. The minimum absolute atomic E-state index is 0.702. The maximum absolute atomic E-state index is 5.54. The number of nitrogens with one attached hydrogen (secondary N) is 1. The first-order chi connectivity index (χ1) is 8.35. The van der Waals surface area contributed by atoms with E-state index < -0.39 is 0 Å². The average Bonchev–Trinajstić information content (AvgIpc) is 3.02. The molecule has 3 nitrogen and oxygen atoms in total. The molecule has 0 saturated heterocycles. The van der Waals surface area contributed by atoms with Gasteiger partial charge >= 0.3 is 0 Å². The van der Waals surface area contributed by atoms with Gasteiger partial charge in [-0.2, -0.15) is 0 Å². The summed E-state index contributed by atoms with van der Waals surface area (Å²) in [6.45, 7) is 0.702. The molecule has 3 N–H and O–H groups in total. The van der Waals surface area contributed by atoms with Crippen LogP contribution in [0, 0.1) is 17.8 Å². The molecule has 2 aliphatic carbocycles. The van der Waals surface area contributed by atoms with Crippen molar-refractivity contribution in [2.75, 3.05) is 6.54 Å². The van der Waals surface area contributed by atoms with E-state index in [2.05, 4.69) is 9.97 Å². The molecule has 0 aromatic carbocycles. The first-order valence-corrected chi connectivity index (χ1v) is 7.08. The van der Waals surface area contributed by atoms with Gasteiger partial charge in [-0.15, -0.1) is 0 Å². The molecule has 3 atom stereocenters. The Bertz CT molecular complexity index is 371. The van der Waals surface area contributed by atoms with E-state index in [-0.39, 0.29) is 0 Å². The van der Waals surface area contributed by atoms with Crippen LogP contribution in [0.1, 0.15) is 43.6 Å². The molecule has 1 heterocycles. The molecule has 0 spiro atoms. The third-order valence-electron chi connectivity index (χ3n) is 4.73. The van der Waals surface area contributed by atoms with Crippen molar-refractivity contribution < 1.29 is 0 Å². The number of imidazole rings is 1. The monoisotopic (exact) mass is 233 g/mol.